The largest absolute Gasteiger partial charge is 0.481 e. The van der Waals surface area contributed by atoms with Crippen molar-refractivity contribution in [2.24, 2.45) is 0 Å². The number of hydrogen-bond donors (Lipinski definition) is 1. The summed E-state index contributed by atoms with van der Waals surface area (Å²) in [6.45, 7) is 5.96. The van der Waals surface area contributed by atoms with E-state index in [0.29, 0.717) is 10.2 Å². The molecule has 0 amide bonds. The summed E-state index contributed by atoms with van der Waals surface area (Å²) in [5.41, 5.74) is 1.01. The lowest BCUT2D eigenvalue weighted by Gasteiger charge is -2.20. The molecular formula is C19H18Br2O5. The van der Waals surface area contributed by atoms with Crippen LogP contribution in [0.3, 0.4) is 0 Å². The summed E-state index contributed by atoms with van der Waals surface area (Å²) in [6, 6.07) is 10.0. The van der Waals surface area contributed by atoms with Crippen molar-refractivity contribution in [2.45, 2.75) is 26.2 Å². The van der Waals surface area contributed by atoms with Gasteiger partial charge in [0.05, 0.1) is 4.47 Å². The molecule has 1 N–H and O–H groups in total. The average Bonchev–Trinajstić information content (AvgIpc) is 2.54. The number of aromatic carboxylic acids is 1. The van der Waals surface area contributed by atoms with E-state index in [1.807, 2.05) is 12.1 Å². The van der Waals surface area contributed by atoms with Crippen LogP contribution in [0.25, 0.3) is 0 Å². The summed E-state index contributed by atoms with van der Waals surface area (Å²) < 4.78 is 11.9. The van der Waals surface area contributed by atoms with Crippen molar-refractivity contribution in [1.82, 2.24) is 0 Å². The molecule has 0 unspecified atom stereocenters. The molecule has 0 aliphatic rings. The molecule has 0 aromatic heterocycles. The number of carboxylic acids is 1. The summed E-state index contributed by atoms with van der Waals surface area (Å²) in [5.74, 6) is -1.40. The van der Waals surface area contributed by atoms with Crippen LogP contribution in [-0.4, -0.2) is 23.7 Å². The third kappa shape index (κ3) is 5.32. The average molecular weight is 486 g/mol. The molecular weight excluding hydrogens is 468 g/mol. The summed E-state index contributed by atoms with van der Waals surface area (Å²) in [6.07, 6.45) is 0. The number of esters is 1. The van der Waals surface area contributed by atoms with Crippen LogP contribution in [0.2, 0.25) is 0 Å². The van der Waals surface area contributed by atoms with Crippen LogP contribution < -0.4 is 9.47 Å². The number of benzene rings is 2. The van der Waals surface area contributed by atoms with Crippen LogP contribution in [0.4, 0.5) is 0 Å². The second-order valence-corrected chi connectivity index (χ2v) is 8.37. The first-order valence-corrected chi connectivity index (χ1v) is 9.33. The first kappa shape index (κ1) is 20.5. The zero-order valence-corrected chi connectivity index (χ0v) is 17.7. The Hall–Kier alpha value is -1.86. The molecule has 2 rings (SSSR count). The molecule has 0 spiro atoms. The van der Waals surface area contributed by atoms with Gasteiger partial charge in [-0.2, -0.15) is 0 Å². The van der Waals surface area contributed by atoms with Crippen molar-refractivity contribution >= 4 is 43.8 Å². The van der Waals surface area contributed by atoms with Crippen LogP contribution in [-0.2, 0) is 10.2 Å². The van der Waals surface area contributed by atoms with Crippen molar-refractivity contribution in [3.63, 3.8) is 0 Å². The molecule has 2 aromatic rings. The summed E-state index contributed by atoms with van der Waals surface area (Å²) >= 11 is 6.62. The van der Waals surface area contributed by atoms with Gasteiger partial charge in [0.1, 0.15) is 17.1 Å². The van der Waals surface area contributed by atoms with Crippen molar-refractivity contribution < 1.29 is 24.2 Å². The number of carbonyl (C=O) groups excluding carboxylic acids is 1. The number of hydrogen-bond acceptors (Lipinski definition) is 4. The molecule has 0 saturated carbocycles. The van der Waals surface area contributed by atoms with Gasteiger partial charge in [-0.15, -0.1) is 0 Å². The predicted molar refractivity (Wildman–Crippen MR) is 105 cm³/mol. The Morgan fingerprint density at radius 2 is 1.69 bits per heavy atom. The molecule has 0 saturated heterocycles. The first-order chi connectivity index (χ1) is 12.1. The number of halogens is 2. The topological polar surface area (TPSA) is 72.8 Å². The van der Waals surface area contributed by atoms with E-state index < -0.39 is 11.9 Å². The molecule has 0 aliphatic carbocycles. The number of carbonyl (C=O) groups is 2. The molecule has 26 heavy (non-hydrogen) atoms. The molecule has 0 radical (unpaired) electrons. The summed E-state index contributed by atoms with van der Waals surface area (Å²) in [4.78, 5) is 23.3. The van der Waals surface area contributed by atoms with Crippen LogP contribution in [0.1, 0.15) is 36.7 Å². The van der Waals surface area contributed by atoms with Crippen molar-refractivity contribution in [1.29, 1.82) is 0 Å². The van der Waals surface area contributed by atoms with E-state index >= 15 is 0 Å². The molecule has 5 nitrogen and oxygen atoms in total. The SMILES string of the molecule is CC(C)(C)c1ccc(OCC(=O)Oc2ccc(Br)cc2C(=O)O)c(Br)c1. The van der Waals surface area contributed by atoms with Crippen LogP contribution >= 0.6 is 31.9 Å². The van der Waals surface area contributed by atoms with E-state index in [1.165, 1.54) is 12.1 Å². The lowest BCUT2D eigenvalue weighted by Crippen LogP contribution is -2.19. The normalized spacial score (nSPS) is 11.1. The second-order valence-electron chi connectivity index (χ2n) is 6.60. The number of ether oxygens (including phenoxy) is 2. The Morgan fingerprint density at radius 3 is 2.27 bits per heavy atom. The predicted octanol–water partition coefficient (Wildman–Crippen LogP) is 5.19. The van der Waals surface area contributed by atoms with E-state index in [-0.39, 0.29) is 23.3 Å². The quantitative estimate of drug-likeness (QED) is 0.466. The second kappa shape index (κ2) is 8.22. The molecule has 2 aromatic carbocycles. The van der Waals surface area contributed by atoms with Gasteiger partial charge in [-0.05, 0) is 57.2 Å². The highest BCUT2D eigenvalue weighted by Crippen LogP contribution is 2.31. The smallest absolute Gasteiger partial charge is 0.349 e. The Bertz CT molecular complexity index is 840. The van der Waals surface area contributed by atoms with E-state index in [4.69, 9.17) is 9.47 Å². The minimum absolute atomic E-state index is 0.00516. The molecule has 138 valence electrons. The van der Waals surface area contributed by atoms with Gasteiger partial charge >= 0.3 is 11.9 Å². The fourth-order valence-corrected chi connectivity index (χ4v) is 2.99. The zero-order chi connectivity index (χ0) is 19.5. The van der Waals surface area contributed by atoms with E-state index in [9.17, 15) is 14.7 Å². The Morgan fingerprint density at radius 1 is 1.04 bits per heavy atom. The maximum absolute atomic E-state index is 12.0. The fourth-order valence-electron chi connectivity index (χ4n) is 2.13. The first-order valence-electron chi connectivity index (χ1n) is 7.74. The Labute approximate surface area is 168 Å². The van der Waals surface area contributed by atoms with E-state index in [2.05, 4.69) is 52.6 Å². The van der Waals surface area contributed by atoms with Crippen LogP contribution in [0.15, 0.2) is 45.3 Å². The molecule has 0 bridgehead atoms. The van der Waals surface area contributed by atoms with Gasteiger partial charge in [-0.3, -0.25) is 0 Å². The third-order valence-corrected chi connectivity index (χ3v) is 4.65. The minimum Gasteiger partial charge on any atom is -0.481 e. The minimum atomic E-state index is -1.18. The monoisotopic (exact) mass is 484 g/mol. The maximum Gasteiger partial charge on any atom is 0.349 e. The zero-order valence-electron chi connectivity index (χ0n) is 14.5. The van der Waals surface area contributed by atoms with Gasteiger partial charge in [0, 0.05) is 4.47 Å². The summed E-state index contributed by atoms with van der Waals surface area (Å²) in [7, 11) is 0. The Balaban J connectivity index is 2.05. The van der Waals surface area contributed by atoms with Gasteiger partial charge < -0.3 is 14.6 Å². The van der Waals surface area contributed by atoms with Crippen molar-refractivity contribution in [3.8, 4) is 11.5 Å². The molecule has 0 heterocycles. The number of carboxylic acid groups (broad SMARTS) is 1. The molecule has 0 aliphatic heterocycles. The van der Waals surface area contributed by atoms with Crippen LogP contribution in [0.5, 0.6) is 11.5 Å². The highest BCUT2D eigenvalue weighted by molar-refractivity contribution is 9.10. The van der Waals surface area contributed by atoms with E-state index in [1.54, 1.807) is 12.1 Å². The van der Waals surface area contributed by atoms with Gasteiger partial charge in [0.15, 0.2) is 6.61 Å². The maximum atomic E-state index is 12.0. The van der Waals surface area contributed by atoms with Gasteiger partial charge in [-0.25, -0.2) is 9.59 Å². The van der Waals surface area contributed by atoms with Gasteiger partial charge in [-0.1, -0.05) is 42.8 Å². The standard InChI is InChI=1S/C19H18Br2O5/c1-19(2,3)11-4-6-16(14(21)8-11)25-10-17(22)26-15-7-5-12(20)9-13(15)18(23)24/h4-9H,10H2,1-3H3,(H,23,24). The van der Waals surface area contributed by atoms with Crippen molar-refractivity contribution in [3.05, 3.63) is 56.5 Å². The van der Waals surface area contributed by atoms with Gasteiger partial charge in [0.2, 0.25) is 0 Å². The lowest BCUT2D eigenvalue weighted by atomic mass is 9.87. The third-order valence-electron chi connectivity index (χ3n) is 3.54. The highest BCUT2D eigenvalue weighted by Gasteiger charge is 2.18. The highest BCUT2D eigenvalue weighted by atomic mass is 79.9. The molecule has 7 heteroatoms. The molecule has 0 fully saturated rings. The van der Waals surface area contributed by atoms with Crippen LogP contribution in [0, 0.1) is 0 Å². The lowest BCUT2D eigenvalue weighted by molar-refractivity contribution is -0.136. The van der Waals surface area contributed by atoms with Gasteiger partial charge in [0.25, 0.3) is 0 Å². The number of rotatable bonds is 5. The van der Waals surface area contributed by atoms with Crippen molar-refractivity contribution in [2.75, 3.05) is 6.61 Å². The van der Waals surface area contributed by atoms with E-state index in [0.717, 1.165) is 10.0 Å². The fraction of sp³-hybridized carbons (Fsp3) is 0.263. The molecule has 0 atom stereocenters. The summed E-state index contributed by atoms with van der Waals surface area (Å²) in [5, 5.41) is 9.19. The Kier molecular flexibility index (Phi) is 6.47.